The van der Waals surface area contributed by atoms with Crippen LogP contribution in [0.15, 0.2) is 30.5 Å². The average molecular weight is 464 g/mol. The van der Waals surface area contributed by atoms with E-state index in [1.807, 2.05) is 10.7 Å². The maximum atomic E-state index is 13.5. The minimum absolute atomic E-state index is 0.120. The summed E-state index contributed by atoms with van der Waals surface area (Å²) >= 11 is 0. The van der Waals surface area contributed by atoms with Crippen LogP contribution in [-0.4, -0.2) is 44.3 Å². The number of amides is 1. The van der Waals surface area contributed by atoms with Crippen molar-refractivity contribution in [1.29, 1.82) is 0 Å². The number of carboxylic acid groups (broad SMARTS) is 1. The molecule has 2 aromatic rings. The summed E-state index contributed by atoms with van der Waals surface area (Å²) in [6.45, 7) is 3.15. The number of nitrogens with zero attached hydrogens (tertiary/aromatic N) is 3. The molecule has 0 spiro atoms. The Morgan fingerprint density at radius 3 is 2.71 bits per heavy atom. The molecule has 1 aromatic heterocycles. The number of hydrogen-bond acceptors (Lipinski definition) is 3. The van der Waals surface area contributed by atoms with Gasteiger partial charge in [-0.15, -0.1) is 0 Å². The van der Waals surface area contributed by atoms with Crippen LogP contribution < -0.4 is 0 Å². The molecule has 1 aromatic carbocycles. The molecule has 2 aliphatic carbocycles. The van der Waals surface area contributed by atoms with E-state index in [1.165, 1.54) is 24.6 Å². The Kier molecular flexibility index (Phi) is 6.75. The fourth-order valence-corrected chi connectivity index (χ4v) is 6.21. The second-order valence-corrected chi connectivity index (χ2v) is 10.6. The highest BCUT2D eigenvalue weighted by atomic mass is 16.4. The highest BCUT2D eigenvalue weighted by Gasteiger charge is 2.36. The van der Waals surface area contributed by atoms with Crippen LogP contribution in [0.5, 0.6) is 0 Å². The average Bonchev–Trinajstić information content (AvgIpc) is 3.42. The molecule has 1 aliphatic heterocycles. The van der Waals surface area contributed by atoms with Gasteiger partial charge in [0.25, 0.3) is 0 Å². The summed E-state index contributed by atoms with van der Waals surface area (Å²) in [5, 5.41) is 14.1. The van der Waals surface area contributed by atoms with Gasteiger partial charge in [-0.25, -0.2) is 9.48 Å². The molecule has 6 heteroatoms. The summed E-state index contributed by atoms with van der Waals surface area (Å²) in [5.74, 6) is 0.244. The molecule has 3 fully saturated rings. The quantitative estimate of drug-likeness (QED) is 0.529. The van der Waals surface area contributed by atoms with Crippen molar-refractivity contribution in [2.75, 3.05) is 6.54 Å². The number of likely N-dealkylation sites (tertiary alicyclic amines) is 1. The monoisotopic (exact) mass is 463 g/mol. The van der Waals surface area contributed by atoms with Crippen molar-refractivity contribution < 1.29 is 14.7 Å². The van der Waals surface area contributed by atoms with Crippen LogP contribution in [0.25, 0.3) is 5.69 Å². The van der Waals surface area contributed by atoms with E-state index >= 15 is 0 Å². The predicted octanol–water partition coefficient (Wildman–Crippen LogP) is 5.90. The normalized spacial score (nSPS) is 25.0. The van der Waals surface area contributed by atoms with Gasteiger partial charge < -0.3 is 10.0 Å². The maximum Gasteiger partial charge on any atom is 0.339 e. The fourth-order valence-electron chi connectivity index (χ4n) is 6.21. The largest absolute Gasteiger partial charge is 0.478 e. The van der Waals surface area contributed by atoms with Crippen LogP contribution in [0.4, 0.5) is 0 Å². The molecule has 1 saturated heterocycles. The third-order valence-electron chi connectivity index (χ3n) is 8.16. The van der Waals surface area contributed by atoms with E-state index in [-0.39, 0.29) is 11.8 Å². The molecule has 2 heterocycles. The molecule has 0 radical (unpaired) electrons. The van der Waals surface area contributed by atoms with Crippen LogP contribution in [-0.2, 0) is 4.79 Å². The number of carbonyl (C=O) groups is 2. The second kappa shape index (κ2) is 9.93. The van der Waals surface area contributed by atoms with E-state index < -0.39 is 5.97 Å². The first-order valence-electron chi connectivity index (χ1n) is 13.3. The zero-order valence-electron chi connectivity index (χ0n) is 20.3. The molecular weight excluding hydrogens is 426 g/mol. The van der Waals surface area contributed by atoms with Gasteiger partial charge in [-0.3, -0.25) is 4.79 Å². The highest BCUT2D eigenvalue weighted by molar-refractivity contribution is 5.89. The zero-order valence-corrected chi connectivity index (χ0v) is 20.3. The molecule has 6 nitrogen and oxygen atoms in total. The van der Waals surface area contributed by atoms with Crippen molar-refractivity contribution in [3.8, 4) is 5.69 Å². The van der Waals surface area contributed by atoms with Gasteiger partial charge in [-0.1, -0.05) is 38.3 Å². The van der Waals surface area contributed by atoms with Crippen LogP contribution in [0.1, 0.15) is 111 Å². The lowest BCUT2D eigenvalue weighted by molar-refractivity contribution is -0.137. The number of aromatic nitrogens is 2. The van der Waals surface area contributed by atoms with Gasteiger partial charge >= 0.3 is 5.97 Å². The Balaban J connectivity index is 1.33. The molecule has 1 N–H and O–H groups in total. The van der Waals surface area contributed by atoms with Gasteiger partial charge in [-0.2, -0.15) is 5.10 Å². The third kappa shape index (κ3) is 4.64. The molecule has 3 aliphatic rings. The van der Waals surface area contributed by atoms with Crippen molar-refractivity contribution in [3.63, 3.8) is 0 Å². The number of carbonyl (C=O) groups excluding carboxylic acids is 1. The molecule has 1 amide bonds. The Bertz CT molecular complexity index is 1040. The first-order valence-corrected chi connectivity index (χ1v) is 13.3. The van der Waals surface area contributed by atoms with Crippen LogP contribution in [0, 0.1) is 5.92 Å². The Morgan fingerprint density at radius 2 is 1.94 bits per heavy atom. The number of aromatic carboxylic acids is 1. The van der Waals surface area contributed by atoms with Crippen molar-refractivity contribution in [2.45, 2.75) is 95.4 Å². The van der Waals surface area contributed by atoms with E-state index in [9.17, 15) is 14.7 Å². The van der Waals surface area contributed by atoms with Crippen molar-refractivity contribution in [3.05, 3.63) is 47.3 Å². The van der Waals surface area contributed by atoms with Gasteiger partial charge in [-0.05, 0) is 75.0 Å². The van der Waals surface area contributed by atoms with Crippen molar-refractivity contribution >= 4 is 11.9 Å². The molecular formula is C28H37N3O3. The summed E-state index contributed by atoms with van der Waals surface area (Å²) < 4.78 is 1.83. The molecule has 2 saturated carbocycles. The zero-order chi connectivity index (χ0) is 23.7. The number of hydrogen-bond donors (Lipinski definition) is 1. The second-order valence-electron chi connectivity index (χ2n) is 10.6. The van der Waals surface area contributed by atoms with E-state index in [1.54, 1.807) is 0 Å². The summed E-state index contributed by atoms with van der Waals surface area (Å²) in [5.41, 5.74) is 3.32. The van der Waals surface area contributed by atoms with Crippen molar-refractivity contribution in [1.82, 2.24) is 14.7 Å². The van der Waals surface area contributed by atoms with E-state index in [4.69, 9.17) is 0 Å². The van der Waals surface area contributed by atoms with Gasteiger partial charge in [0, 0.05) is 24.4 Å². The third-order valence-corrected chi connectivity index (χ3v) is 8.16. The van der Waals surface area contributed by atoms with Crippen LogP contribution in [0.2, 0.25) is 0 Å². The summed E-state index contributed by atoms with van der Waals surface area (Å²) in [4.78, 5) is 27.4. The maximum absolute atomic E-state index is 13.5. The summed E-state index contributed by atoms with van der Waals surface area (Å²) in [7, 11) is 0. The molecule has 5 rings (SSSR count). The van der Waals surface area contributed by atoms with E-state index in [0.29, 0.717) is 23.4 Å². The SMILES string of the molecule is CCCC[C@H]1CCCN1C(=O)[C@H]1CCC[C@@H](c2cccc(-n3ncc(C(=O)O)c3C3CC3)c2)C1. The topological polar surface area (TPSA) is 75.4 Å². The van der Waals surface area contributed by atoms with Crippen LogP contribution >= 0.6 is 0 Å². The smallest absolute Gasteiger partial charge is 0.339 e. The lowest BCUT2D eigenvalue weighted by Crippen LogP contribution is -2.41. The van der Waals surface area contributed by atoms with Gasteiger partial charge in [0.05, 0.1) is 17.6 Å². The fraction of sp³-hybridized carbons (Fsp3) is 0.607. The van der Waals surface area contributed by atoms with E-state index in [2.05, 4.69) is 35.1 Å². The molecule has 0 bridgehead atoms. The predicted molar refractivity (Wildman–Crippen MR) is 131 cm³/mol. The lowest BCUT2D eigenvalue weighted by atomic mass is 9.77. The van der Waals surface area contributed by atoms with E-state index in [0.717, 1.165) is 75.7 Å². The van der Waals surface area contributed by atoms with Gasteiger partial charge in [0.15, 0.2) is 0 Å². The van der Waals surface area contributed by atoms with Crippen molar-refractivity contribution in [2.24, 2.45) is 5.92 Å². The standard InChI is InChI=1S/C28H37N3O3/c1-2-3-10-23-12-6-15-30(23)27(32)22-9-4-7-20(16-22)21-8-5-11-24(17-21)31-26(19-13-14-19)25(18-29-31)28(33)34/h5,8,11,17-20,22-23H,2-4,6-7,9-10,12-16H2,1H3,(H,33,34)/t20-,22+,23+/m1/s1. The van der Waals surface area contributed by atoms with Gasteiger partial charge in [0.1, 0.15) is 5.56 Å². The molecule has 182 valence electrons. The number of carboxylic acids is 1. The first kappa shape index (κ1) is 23.1. The summed E-state index contributed by atoms with van der Waals surface area (Å²) in [6.07, 6.45) is 13.5. The highest BCUT2D eigenvalue weighted by Crippen LogP contribution is 2.43. The van der Waals surface area contributed by atoms with Crippen LogP contribution in [0.3, 0.4) is 0 Å². The Morgan fingerprint density at radius 1 is 1.09 bits per heavy atom. The first-order chi connectivity index (χ1) is 16.6. The number of unbranched alkanes of at least 4 members (excludes halogenated alkanes) is 1. The minimum atomic E-state index is -0.905. The minimum Gasteiger partial charge on any atom is -0.478 e. The Labute approximate surface area is 202 Å². The Hall–Kier alpha value is -2.63. The molecule has 3 atom stereocenters. The molecule has 0 unspecified atom stereocenters. The van der Waals surface area contributed by atoms with Gasteiger partial charge in [0.2, 0.25) is 5.91 Å². The molecule has 34 heavy (non-hydrogen) atoms. The number of rotatable bonds is 8. The number of benzene rings is 1. The lowest BCUT2D eigenvalue weighted by Gasteiger charge is -2.34. The summed E-state index contributed by atoms with van der Waals surface area (Å²) in [6, 6.07) is 8.85.